The highest BCUT2D eigenvalue weighted by atomic mass is 16.7. The van der Waals surface area contributed by atoms with Crippen LogP contribution in [-0.4, -0.2) is 54.4 Å². The topological polar surface area (TPSA) is 60.0 Å². The minimum atomic E-state index is 0.318. The monoisotopic (exact) mass is 342 g/mol. The van der Waals surface area contributed by atoms with Gasteiger partial charge in [-0.2, -0.15) is 4.98 Å². The predicted octanol–water partition coefficient (Wildman–Crippen LogP) is 1.93. The number of rotatable bonds is 5. The normalized spacial score (nSPS) is 16.9. The summed E-state index contributed by atoms with van der Waals surface area (Å²) in [5.74, 6) is 3.06. The van der Waals surface area contributed by atoms with Crippen LogP contribution in [0, 0.1) is 0 Å². The van der Waals surface area contributed by atoms with Gasteiger partial charge in [0.05, 0.1) is 6.61 Å². The van der Waals surface area contributed by atoms with Crippen LogP contribution in [0.25, 0.3) is 0 Å². The van der Waals surface area contributed by atoms with E-state index in [1.165, 1.54) is 5.56 Å². The molecule has 1 aromatic heterocycles. The fourth-order valence-electron chi connectivity index (χ4n) is 3.12. The summed E-state index contributed by atoms with van der Waals surface area (Å²) in [7, 11) is 0. The third-order valence-corrected chi connectivity index (χ3v) is 4.41. The zero-order chi connectivity index (χ0) is 17.1. The second kappa shape index (κ2) is 7.14. The van der Waals surface area contributed by atoms with Crippen molar-refractivity contribution >= 4 is 5.95 Å². The first kappa shape index (κ1) is 16.0. The summed E-state index contributed by atoms with van der Waals surface area (Å²) in [5.41, 5.74) is 1.24. The molecule has 0 aliphatic carbocycles. The molecule has 4 rings (SSSR count). The summed E-state index contributed by atoms with van der Waals surface area (Å²) < 4.78 is 16.3. The molecule has 0 saturated carbocycles. The molecule has 0 amide bonds. The van der Waals surface area contributed by atoms with E-state index in [9.17, 15) is 0 Å². The Morgan fingerprint density at radius 1 is 1.08 bits per heavy atom. The van der Waals surface area contributed by atoms with Crippen molar-refractivity contribution in [3.8, 4) is 17.4 Å². The summed E-state index contributed by atoms with van der Waals surface area (Å²) >= 11 is 0. The van der Waals surface area contributed by atoms with Gasteiger partial charge in [-0.05, 0) is 24.6 Å². The van der Waals surface area contributed by atoms with Crippen LogP contribution in [-0.2, 0) is 6.54 Å². The van der Waals surface area contributed by atoms with Crippen molar-refractivity contribution in [2.75, 3.05) is 44.5 Å². The molecule has 1 aromatic carbocycles. The van der Waals surface area contributed by atoms with Crippen LogP contribution >= 0.6 is 0 Å². The Kier molecular flexibility index (Phi) is 4.56. The van der Waals surface area contributed by atoms with E-state index in [1.54, 1.807) is 12.3 Å². The number of anilines is 1. The molecule has 2 aliphatic heterocycles. The average molecular weight is 342 g/mol. The van der Waals surface area contributed by atoms with Crippen LogP contribution < -0.4 is 19.1 Å². The second-order valence-corrected chi connectivity index (χ2v) is 6.08. The third-order valence-electron chi connectivity index (χ3n) is 4.41. The molecule has 7 heteroatoms. The van der Waals surface area contributed by atoms with E-state index < -0.39 is 0 Å². The van der Waals surface area contributed by atoms with Crippen molar-refractivity contribution in [1.29, 1.82) is 0 Å². The van der Waals surface area contributed by atoms with E-state index in [0.717, 1.165) is 50.2 Å². The fourth-order valence-corrected chi connectivity index (χ4v) is 3.12. The van der Waals surface area contributed by atoms with Gasteiger partial charge in [0.15, 0.2) is 11.5 Å². The quantitative estimate of drug-likeness (QED) is 0.823. The lowest BCUT2D eigenvalue weighted by molar-refractivity contribution is 0.174. The number of hydrogen-bond acceptors (Lipinski definition) is 7. The molecule has 0 spiro atoms. The summed E-state index contributed by atoms with van der Waals surface area (Å²) in [6.07, 6.45) is 1.76. The lowest BCUT2D eigenvalue weighted by Gasteiger charge is -2.34. The Balaban J connectivity index is 1.34. The van der Waals surface area contributed by atoms with Gasteiger partial charge >= 0.3 is 0 Å². The number of piperazine rings is 1. The first-order valence-electron chi connectivity index (χ1n) is 8.63. The number of nitrogens with zero attached hydrogens (tertiary/aromatic N) is 4. The van der Waals surface area contributed by atoms with Crippen LogP contribution in [0.1, 0.15) is 12.5 Å². The van der Waals surface area contributed by atoms with Gasteiger partial charge in [-0.1, -0.05) is 6.07 Å². The smallest absolute Gasteiger partial charge is 0.231 e. The van der Waals surface area contributed by atoms with Crippen molar-refractivity contribution in [1.82, 2.24) is 14.9 Å². The first-order valence-corrected chi connectivity index (χ1v) is 8.63. The van der Waals surface area contributed by atoms with E-state index >= 15 is 0 Å². The van der Waals surface area contributed by atoms with Gasteiger partial charge in [0.1, 0.15) is 0 Å². The van der Waals surface area contributed by atoms with Gasteiger partial charge in [0, 0.05) is 45.0 Å². The number of benzene rings is 1. The van der Waals surface area contributed by atoms with Crippen LogP contribution in [0.3, 0.4) is 0 Å². The lowest BCUT2D eigenvalue weighted by Crippen LogP contribution is -2.46. The van der Waals surface area contributed by atoms with Crippen molar-refractivity contribution < 1.29 is 14.2 Å². The molecule has 3 heterocycles. The zero-order valence-electron chi connectivity index (χ0n) is 14.4. The first-order chi connectivity index (χ1) is 12.3. The van der Waals surface area contributed by atoms with Crippen molar-refractivity contribution in [2.24, 2.45) is 0 Å². The Morgan fingerprint density at radius 3 is 2.76 bits per heavy atom. The largest absolute Gasteiger partial charge is 0.478 e. The maximum Gasteiger partial charge on any atom is 0.231 e. The Hall–Kier alpha value is -2.54. The number of hydrogen-bond donors (Lipinski definition) is 0. The van der Waals surface area contributed by atoms with Gasteiger partial charge < -0.3 is 19.1 Å². The maximum atomic E-state index is 5.46. The molecule has 2 aromatic rings. The molecular weight excluding hydrogens is 320 g/mol. The molecule has 0 atom stereocenters. The lowest BCUT2D eigenvalue weighted by atomic mass is 10.1. The predicted molar refractivity (Wildman–Crippen MR) is 93.3 cm³/mol. The SMILES string of the molecule is CCOc1ccnc(N2CCN(Cc3ccc4c(c3)OCO4)CC2)n1. The Labute approximate surface area is 147 Å². The van der Waals surface area contributed by atoms with E-state index in [2.05, 4.69) is 31.9 Å². The van der Waals surface area contributed by atoms with E-state index in [-0.39, 0.29) is 0 Å². The standard InChI is InChI=1S/C18H22N4O3/c1-2-23-17-5-6-19-18(20-17)22-9-7-21(8-10-22)12-14-3-4-15-16(11-14)25-13-24-15/h3-6,11H,2,7-10,12-13H2,1H3. The van der Waals surface area contributed by atoms with E-state index in [4.69, 9.17) is 14.2 Å². The summed E-state index contributed by atoms with van der Waals surface area (Å²) in [6, 6.07) is 7.96. The average Bonchev–Trinajstić information content (AvgIpc) is 3.11. The molecule has 25 heavy (non-hydrogen) atoms. The number of aromatic nitrogens is 2. The summed E-state index contributed by atoms with van der Waals surface area (Å²) in [4.78, 5) is 13.5. The molecule has 2 aliphatic rings. The molecule has 0 radical (unpaired) electrons. The van der Waals surface area contributed by atoms with Crippen molar-refractivity contribution in [3.05, 3.63) is 36.0 Å². The van der Waals surface area contributed by atoms with Crippen molar-refractivity contribution in [2.45, 2.75) is 13.5 Å². The molecule has 1 fully saturated rings. The van der Waals surface area contributed by atoms with Crippen LogP contribution in [0.4, 0.5) is 5.95 Å². The number of fused-ring (bicyclic) bond motifs is 1. The molecule has 7 nitrogen and oxygen atoms in total. The highest BCUT2D eigenvalue weighted by Crippen LogP contribution is 2.32. The Morgan fingerprint density at radius 2 is 1.92 bits per heavy atom. The third kappa shape index (κ3) is 3.61. The molecular formula is C18H22N4O3. The molecule has 0 bridgehead atoms. The zero-order valence-corrected chi connectivity index (χ0v) is 14.4. The Bertz CT molecular complexity index is 732. The highest BCUT2D eigenvalue weighted by Gasteiger charge is 2.20. The molecule has 1 saturated heterocycles. The fraction of sp³-hybridized carbons (Fsp3) is 0.444. The minimum Gasteiger partial charge on any atom is -0.478 e. The maximum absolute atomic E-state index is 5.46. The number of ether oxygens (including phenoxy) is 3. The highest BCUT2D eigenvalue weighted by molar-refractivity contribution is 5.44. The van der Waals surface area contributed by atoms with Gasteiger partial charge in [-0.25, -0.2) is 4.98 Å². The second-order valence-electron chi connectivity index (χ2n) is 6.08. The molecule has 0 unspecified atom stereocenters. The molecule has 0 N–H and O–H groups in total. The van der Waals surface area contributed by atoms with E-state index in [0.29, 0.717) is 19.3 Å². The van der Waals surface area contributed by atoms with E-state index in [1.807, 2.05) is 13.0 Å². The van der Waals surface area contributed by atoms with Crippen LogP contribution in [0.15, 0.2) is 30.5 Å². The summed E-state index contributed by atoms with van der Waals surface area (Å²) in [6.45, 7) is 7.53. The van der Waals surface area contributed by atoms with Gasteiger partial charge in [0.25, 0.3) is 0 Å². The molecule has 132 valence electrons. The van der Waals surface area contributed by atoms with Crippen LogP contribution in [0.5, 0.6) is 17.4 Å². The van der Waals surface area contributed by atoms with Gasteiger partial charge in [0.2, 0.25) is 18.6 Å². The minimum absolute atomic E-state index is 0.318. The van der Waals surface area contributed by atoms with Gasteiger partial charge in [-0.15, -0.1) is 0 Å². The van der Waals surface area contributed by atoms with Crippen LogP contribution in [0.2, 0.25) is 0 Å². The van der Waals surface area contributed by atoms with Gasteiger partial charge in [-0.3, -0.25) is 4.90 Å². The van der Waals surface area contributed by atoms with Crippen molar-refractivity contribution in [3.63, 3.8) is 0 Å². The summed E-state index contributed by atoms with van der Waals surface area (Å²) in [5, 5.41) is 0.